The third-order valence-electron chi connectivity index (χ3n) is 4.04. The van der Waals surface area contributed by atoms with Crippen molar-refractivity contribution < 1.29 is 18.0 Å². The molecular formula is C19H22ClN3O4S. The van der Waals surface area contributed by atoms with Crippen molar-refractivity contribution in [3.05, 3.63) is 53.1 Å². The number of hydrogen-bond acceptors (Lipinski definition) is 4. The number of rotatable bonds is 6. The Balaban J connectivity index is 2.30. The predicted octanol–water partition coefficient (Wildman–Crippen LogP) is 3.58. The second kappa shape index (κ2) is 8.72. The van der Waals surface area contributed by atoms with Crippen LogP contribution < -0.4 is 10.6 Å². The molecule has 0 aliphatic heterocycles. The molecule has 0 aliphatic carbocycles. The molecule has 0 bridgehead atoms. The number of sulfonamides is 1. The van der Waals surface area contributed by atoms with Gasteiger partial charge in [-0.1, -0.05) is 17.7 Å². The van der Waals surface area contributed by atoms with Crippen molar-refractivity contribution in [1.29, 1.82) is 0 Å². The first-order valence-corrected chi connectivity index (χ1v) is 10.3. The number of nitrogens with zero attached hydrogens (tertiary/aromatic N) is 1. The lowest BCUT2D eigenvalue weighted by atomic mass is 10.2. The van der Waals surface area contributed by atoms with E-state index in [1.54, 1.807) is 26.0 Å². The van der Waals surface area contributed by atoms with Gasteiger partial charge in [0.15, 0.2) is 0 Å². The van der Waals surface area contributed by atoms with Crippen molar-refractivity contribution in [2.24, 2.45) is 0 Å². The van der Waals surface area contributed by atoms with Crippen LogP contribution in [0.1, 0.15) is 31.1 Å². The van der Waals surface area contributed by atoms with Crippen molar-refractivity contribution in [2.45, 2.75) is 31.7 Å². The summed E-state index contributed by atoms with van der Waals surface area (Å²) in [7, 11) is -2.23. The highest BCUT2D eigenvalue weighted by molar-refractivity contribution is 7.89. The fraction of sp³-hybridized carbons (Fsp3) is 0.263. The van der Waals surface area contributed by atoms with Gasteiger partial charge in [0.2, 0.25) is 15.9 Å². The molecule has 0 aliphatic rings. The van der Waals surface area contributed by atoms with Gasteiger partial charge in [-0.25, -0.2) is 8.42 Å². The van der Waals surface area contributed by atoms with Crippen molar-refractivity contribution in [1.82, 2.24) is 4.31 Å². The number of carbonyl (C=O) groups is 2. The molecular weight excluding hydrogens is 402 g/mol. The smallest absolute Gasteiger partial charge is 0.255 e. The summed E-state index contributed by atoms with van der Waals surface area (Å²) in [4.78, 5) is 23.8. The summed E-state index contributed by atoms with van der Waals surface area (Å²) >= 11 is 6.11. The molecule has 0 radical (unpaired) electrons. The van der Waals surface area contributed by atoms with Gasteiger partial charge in [-0.15, -0.1) is 0 Å². The highest BCUT2D eigenvalue weighted by Crippen LogP contribution is 2.26. The van der Waals surface area contributed by atoms with Gasteiger partial charge in [0.1, 0.15) is 0 Å². The van der Waals surface area contributed by atoms with Crippen LogP contribution in [0, 0.1) is 0 Å². The summed E-state index contributed by atoms with van der Waals surface area (Å²) in [5.41, 5.74) is 0.937. The number of halogens is 1. The third-order valence-corrected chi connectivity index (χ3v) is 6.39. The Morgan fingerprint density at radius 1 is 1.07 bits per heavy atom. The molecule has 9 heteroatoms. The van der Waals surface area contributed by atoms with E-state index in [1.807, 2.05) is 0 Å². The second-order valence-electron chi connectivity index (χ2n) is 6.47. The quantitative estimate of drug-likeness (QED) is 0.742. The molecule has 0 heterocycles. The molecule has 0 saturated heterocycles. The monoisotopic (exact) mass is 423 g/mol. The summed E-state index contributed by atoms with van der Waals surface area (Å²) in [6.45, 7) is 4.89. The van der Waals surface area contributed by atoms with Gasteiger partial charge in [-0.3, -0.25) is 9.59 Å². The molecule has 28 heavy (non-hydrogen) atoms. The lowest BCUT2D eigenvalue weighted by Crippen LogP contribution is -2.33. The summed E-state index contributed by atoms with van der Waals surface area (Å²) < 4.78 is 26.5. The molecule has 0 aromatic heterocycles. The van der Waals surface area contributed by atoms with E-state index in [1.165, 1.54) is 48.6 Å². The van der Waals surface area contributed by atoms with Crippen molar-refractivity contribution in [3.63, 3.8) is 0 Å². The summed E-state index contributed by atoms with van der Waals surface area (Å²) in [6, 6.07) is 10.2. The average molecular weight is 424 g/mol. The molecule has 0 fully saturated rings. The highest BCUT2D eigenvalue weighted by atomic mass is 35.5. The van der Waals surface area contributed by atoms with E-state index in [0.29, 0.717) is 11.4 Å². The van der Waals surface area contributed by atoms with Crippen molar-refractivity contribution in [2.75, 3.05) is 17.7 Å². The Bertz CT molecular complexity index is 1010. The zero-order chi connectivity index (χ0) is 21.1. The Labute approximate surface area is 169 Å². The van der Waals surface area contributed by atoms with Crippen LogP contribution in [0.3, 0.4) is 0 Å². The van der Waals surface area contributed by atoms with Gasteiger partial charge in [0.25, 0.3) is 5.91 Å². The number of anilines is 2. The fourth-order valence-electron chi connectivity index (χ4n) is 2.34. The summed E-state index contributed by atoms with van der Waals surface area (Å²) in [6.07, 6.45) is 0. The van der Waals surface area contributed by atoms with Gasteiger partial charge >= 0.3 is 0 Å². The van der Waals surface area contributed by atoms with Crippen molar-refractivity contribution >= 4 is 44.8 Å². The number of benzene rings is 2. The fourth-order valence-corrected chi connectivity index (χ4v) is 3.92. The first kappa shape index (κ1) is 21.9. The Hall–Kier alpha value is -2.42. The summed E-state index contributed by atoms with van der Waals surface area (Å²) in [5, 5.41) is 5.53. The van der Waals surface area contributed by atoms with Crippen LogP contribution in [0.2, 0.25) is 5.02 Å². The van der Waals surface area contributed by atoms with Crippen LogP contribution in [0.25, 0.3) is 0 Å². The number of hydrogen-bond donors (Lipinski definition) is 2. The van der Waals surface area contributed by atoms with E-state index in [4.69, 9.17) is 11.6 Å². The van der Waals surface area contributed by atoms with Crippen LogP contribution in [-0.2, 0) is 14.8 Å². The van der Waals surface area contributed by atoms with Crippen LogP contribution in [0.4, 0.5) is 11.4 Å². The molecule has 0 spiro atoms. The normalized spacial score (nSPS) is 11.5. The molecule has 2 rings (SSSR count). The Morgan fingerprint density at radius 3 is 2.36 bits per heavy atom. The van der Waals surface area contributed by atoms with E-state index >= 15 is 0 Å². The molecule has 7 nitrogen and oxygen atoms in total. The predicted molar refractivity (Wildman–Crippen MR) is 110 cm³/mol. The standard InChI is InChI=1S/C19H22ClN3O4S/c1-12(2)23(4)28(26,27)16-7-5-6-14(10-16)19(25)22-18-11-15(21-13(3)24)8-9-17(18)20/h5-12H,1-4H3,(H,21,24)(H,22,25). The van der Waals surface area contributed by atoms with Crippen molar-refractivity contribution in [3.8, 4) is 0 Å². The minimum Gasteiger partial charge on any atom is -0.326 e. The molecule has 150 valence electrons. The largest absolute Gasteiger partial charge is 0.326 e. The van der Waals surface area contributed by atoms with Crippen LogP contribution in [-0.4, -0.2) is 37.6 Å². The molecule has 0 unspecified atom stereocenters. The number of nitrogens with one attached hydrogen (secondary N) is 2. The Morgan fingerprint density at radius 2 is 1.75 bits per heavy atom. The van der Waals surface area contributed by atoms with Gasteiger partial charge < -0.3 is 10.6 Å². The Kier molecular flexibility index (Phi) is 6.82. The van der Waals surface area contributed by atoms with Crippen LogP contribution in [0.15, 0.2) is 47.4 Å². The maximum absolute atomic E-state index is 12.6. The van der Waals surface area contributed by atoms with E-state index in [-0.39, 0.29) is 27.4 Å². The lowest BCUT2D eigenvalue weighted by molar-refractivity contribution is -0.114. The molecule has 2 aromatic carbocycles. The molecule has 2 N–H and O–H groups in total. The van der Waals surface area contributed by atoms with Gasteiger partial charge in [-0.2, -0.15) is 4.31 Å². The van der Waals surface area contributed by atoms with Gasteiger partial charge in [0.05, 0.1) is 15.6 Å². The molecule has 0 atom stereocenters. The second-order valence-corrected chi connectivity index (χ2v) is 8.88. The molecule has 0 saturated carbocycles. The van der Waals surface area contributed by atoms with Crippen LogP contribution >= 0.6 is 11.6 Å². The maximum Gasteiger partial charge on any atom is 0.255 e. The third kappa shape index (κ3) is 5.09. The summed E-state index contributed by atoms with van der Waals surface area (Å²) in [5.74, 6) is -0.780. The number of amides is 2. The first-order valence-electron chi connectivity index (χ1n) is 8.49. The highest BCUT2D eigenvalue weighted by Gasteiger charge is 2.24. The van der Waals surface area contributed by atoms with E-state index < -0.39 is 15.9 Å². The SMILES string of the molecule is CC(=O)Nc1ccc(Cl)c(NC(=O)c2cccc(S(=O)(=O)N(C)C(C)C)c2)c1. The average Bonchev–Trinajstić information content (AvgIpc) is 2.63. The van der Waals surface area contributed by atoms with Gasteiger partial charge in [0, 0.05) is 31.3 Å². The maximum atomic E-state index is 12.6. The van der Waals surface area contributed by atoms with Gasteiger partial charge in [-0.05, 0) is 50.2 Å². The topological polar surface area (TPSA) is 95.6 Å². The molecule has 2 amide bonds. The zero-order valence-corrected chi connectivity index (χ0v) is 17.6. The number of carbonyl (C=O) groups excluding carboxylic acids is 2. The lowest BCUT2D eigenvalue weighted by Gasteiger charge is -2.21. The van der Waals surface area contributed by atoms with Crippen LogP contribution in [0.5, 0.6) is 0 Å². The van der Waals surface area contributed by atoms with E-state index in [0.717, 1.165) is 0 Å². The van der Waals surface area contributed by atoms with E-state index in [2.05, 4.69) is 10.6 Å². The first-order chi connectivity index (χ1) is 13.0. The minimum absolute atomic E-state index is 0.0226. The minimum atomic E-state index is -3.72. The van der Waals surface area contributed by atoms with E-state index in [9.17, 15) is 18.0 Å². The molecule has 2 aromatic rings. The zero-order valence-electron chi connectivity index (χ0n) is 16.0.